The van der Waals surface area contributed by atoms with Gasteiger partial charge in [-0.05, 0) is 65.8 Å². The average Bonchev–Trinajstić information content (AvgIpc) is 2.99. The first-order valence-electron chi connectivity index (χ1n) is 15.5. The molecule has 3 heteroatoms. The molecule has 0 atom stereocenters. The number of rotatable bonds is 6. The van der Waals surface area contributed by atoms with Crippen LogP contribution in [0.5, 0.6) is 0 Å². The van der Waals surface area contributed by atoms with E-state index in [-0.39, 0.29) is 0 Å². The largest absolute Gasteiger partial charge is 0.378 e. The van der Waals surface area contributed by atoms with Gasteiger partial charge in [0.1, 0.15) is 6.15 Å². The maximum atomic E-state index is 2.38. The highest BCUT2D eigenvalue weighted by molar-refractivity contribution is 7.68. The van der Waals surface area contributed by atoms with Gasteiger partial charge in [0, 0.05) is 27.7 Å². The summed E-state index contributed by atoms with van der Waals surface area (Å²) in [6, 6.07) is 52.7. The van der Waals surface area contributed by atoms with Gasteiger partial charge in [-0.3, -0.25) is 0 Å². The summed E-state index contributed by atoms with van der Waals surface area (Å²) in [4.78, 5) is 2.16. The molecule has 0 amide bonds. The van der Waals surface area contributed by atoms with Crippen molar-refractivity contribution in [3.05, 3.63) is 146 Å². The lowest BCUT2D eigenvalue weighted by atomic mass is 9.13. The minimum absolute atomic E-state index is 0.378. The quantitative estimate of drug-likeness (QED) is 0.150. The molecule has 0 bridgehead atoms. The van der Waals surface area contributed by atoms with E-state index in [0.717, 1.165) is 0 Å². The normalized spacial score (nSPS) is 11.9. The van der Waals surface area contributed by atoms with E-state index in [1.54, 1.807) is 5.30 Å². The lowest BCUT2D eigenvalue weighted by Gasteiger charge is -2.44. The number of anilines is 1. The van der Waals surface area contributed by atoms with Gasteiger partial charge in [-0.25, -0.2) is 0 Å². The lowest BCUT2D eigenvalue weighted by molar-refractivity contribution is 0.715. The van der Waals surface area contributed by atoms with Crippen molar-refractivity contribution in [3.63, 3.8) is 0 Å². The number of nitrogens with zero attached hydrogens (tertiary/aromatic N) is 1. The van der Waals surface area contributed by atoms with Gasteiger partial charge in [0.05, 0.1) is 15.6 Å². The highest BCUT2D eigenvalue weighted by Crippen LogP contribution is 2.58. The Morgan fingerprint density at radius 2 is 0.698 bits per heavy atom. The molecule has 0 N–H and O–H groups in total. The predicted molar refractivity (Wildman–Crippen MR) is 198 cm³/mol. The molecule has 0 aliphatic carbocycles. The Hall–Kier alpha value is -3.61. The third-order valence-electron chi connectivity index (χ3n) is 8.37. The Kier molecular flexibility index (Phi) is 10.4. The van der Waals surface area contributed by atoms with Gasteiger partial charge in [-0.1, -0.05) is 121 Å². The summed E-state index contributed by atoms with van der Waals surface area (Å²) in [6.45, 7) is 14.3. The lowest BCUT2D eigenvalue weighted by Crippen LogP contribution is -2.74. The first-order chi connectivity index (χ1) is 20.5. The molecule has 0 spiro atoms. The molecular formula is C40H49BNP. The van der Waals surface area contributed by atoms with Gasteiger partial charge in [-0.2, -0.15) is 21.9 Å². The third-order valence-corrected chi connectivity index (χ3v) is 12.3. The molecule has 43 heavy (non-hydrogen) atoms. The van der Waals surface area contributed by atoms with E-state index in [4.69, 9.17) is 0 Å². The predicted octanol–water partition coefficient (Wildman–Crippen LogP) is 7.25. The number of hydrogen-bond acceptors (Lipinski definition) is 1. The summed E-state index contributed by atoms with van der Waals surface area (Å²) in [5.41, 5.74) is 6.64. The molecule has 0 fully saturated rings. The van der Waals surface area contributed by atoms with Gasteiger partial charge in [0.25, 0.3) is 0 Å². The number of hydrogen-bond donors (Lipinski definition) is 0. The molecule has 0 aromatic heterocycles. The van der Waals surface area contributed by atoms with Crippen LogP contribution in [-0.4, -0.2) is 30.6 Å². The van der Waals surface area contributed by atoms with Crippen molar-refractivity contribution in [3.8, 4) is 0 Å². The molecule has 0 saturated carbocycles. The smallest absolute Gasteiger partial charge is 0.108 e. The van der Waals surface area contributed by atoms with E-state index in [1.165, 1.54) is 27.5 Å². The van der Waals surface area contributed by atoms with Crippen molar-refractivity contribution in [1.82, 2.24) is 0 Å². The molecule has 5 aromatic carbocycles. The van der Waals surface area contributed by atoms with Gasteiger partial charge >= 0.3 is 0 Å². The van der Waals surface area contributed by atoms with Gasteiger partial charge in [-0.15, -0.1) is 0 Å². The van der Waals surface area contributed by atoms with Crippen LogP contribution in [0, 0.1) is 0 Å². The molecule has 5 rings (SSSR count). The Labute approximate surface area is 262 Å². The minimum atomic E-state index is -1.22. The monoisotopic (exact) mass is 585 g/mol. The van der Waals surface area contributed by atoms with E-state index in [2.05, 4.69) is 206 Å². The Bertz CT molecular complexity index is 1340. The molecule has 0 unspecified atom stereocenters. The summed E-state index contributed by atoms with van der Waals surface area (Å²) < 4.78 is 0. The van der Waals surface area contributed by atoms with Crippen LogP contribution in [0.3, 0.4) is 0 Å². The zero-order chi connectivity index (χ0) is 31.1. The SMILES string of the molecule is CN(C)c1ccc([PH+](C(C)(C)C)C(C)(C)C)cc1.c1ccc([B-](c2ccccc2)(c2ccccc2)c2ccccc2)cc1. The highest BCUT2D eigenvalue weighted by Gasteiger charge is 2.43. The summed E-state index contributed by atoms with van der Waals surface area (Å²) >= 11 is 0. The van der Waals surface area contributed by atoms with Crippen molar-refractivity contribution in [1.29, 1.82) is 0 Å². The molecule has 0 aliphatic rings. The van der Waals surface area contributed by atoms with Crippen LogP contribution < -0.4 is 32.1 Å². The molecule has 0 saturated heterocycles. The Balaban J connectivity index is 0.000000209. The van der Waals surface area contributed by atoms with Crippen LogP contribution in [0.25, 0.3) is 0 Å². The third kappa shape index (κ3) is 7.49. The molecule has 0 heterocycles. The van der Waals surface area contributed by atoms with Gasteiger partial charge in [0.15, 0.2) is 0 Å². The van der Waals surface area contributed by atoms with Crippen LogP contribution in [0.2, 0.25) is 0 Å². The van der Waals surface area contributed by atoms with E-state index in [1.807, 2.05) is 0 Å². The van der Waals surface area contributed by atoms with Crippen molar-refractivity contribution in [2.45, 2.75) is 51.9 Å². The molecule has 1 nitrogen and oxygen atoms in total. The first kappa shape index (κ1) is 32.3. The summed E-state index contributed by atoms with van der Waals surface area (Å²) in [7, 11) is 3.57. The first-order valence-corrected chi connectivity index (χ1v) is 17.0. The second-order valence-corrected chi connectivity index (χ2v) is 18.2. The van der Waals surface area contributed by atoms with Crippen molar-refractivity contribution < 1.29 is 0 Å². The van der Waals surface area contributed by atoms with Crippen molar-refractivity contribution in [2.75, 3.05) is 19.0 Å². The second-order valence-electron chi connectivity index (χ2n) is 13.8. The van der Waals surface area contributed by atoms with E-state index < -0.39 is 14.1 Å². The van der Waals surface area contributed by atoms with Gasteiger partial charge in [0.2, 0.25) is 0 Å². The Morgan fingerprint density at radius 3 is 0.930 bits per heavy atom. The standard InChI is InChI=1S/C24H20B.C16H28NP/c1-5-13-21(14-6-1)25(22-15-7-2-8-16-22,23-17-9-3-10-18-23)24-19-11-4-12-20-24;1-15(2,3)18(16(4,5)6)14-11-9-13(10-12-14)17(7)8/h1-20H;9-12H,1-8H3/q-1;/p+1. The second kappa shape index (κ2) is 13.8. The highest BCUT2D eigenvalue weighted by atomic mass is 31.1. The fourth-order valence-corrected chi connectivity index (χ4v) is 11.5. The molecule has 0 radical (unpaired) electrons. The van der Waals surface area contributed by atoms with Crippen LogP contribution in [0.4, 0.5) is 5.69 Å². The summed E-state index contributed by atoms with van der Waals surface area (Å²) in [5.74, 6) is 0. The maximum Gasteiger partial charge on any atom is 0.108 e. The van der Waals surface area contributed by atoms with Crippen molar-refractivity contribution in [2.24, 2.45) is 0 Å². The fourth-order valence-electron chi connectivity index (χ4n) is 7.04. The van der Waals surface area contributed by atoms with E-state index in [9.17, 15) is 0 Å². The van der Waals surface area contributed by atoms with Crippen LogP contribution in [-0.2, 0) is 0 Å². The fraction of sp³-hybridized carbons (Fsp3) is 0.250. The molecule has 5 aromatic rings. The van der Waals surface area contributed by atoms with Crippen LogP contribution in [0.1, 0.15) is 41.5 Å². The maximum absolute atomic E-state index is 2.38. The van der Waals surface area contributed by atoms with Crippen molar-refractivity contribution >= 4 is 46.9 Å². The minimum Gasteiger partial charge on any atom is -0.378 e. The van der Waals surface area contributed by atoms with Gasteiger partial charge < -0.3 is 4.90 Å². The zero-order valence-electron chi connectivity index (χ0n) is 27.4. The molecular weight excluding hydrogens is 536 g/mol. The average molecular weight is 586 g/mol. The van der Waals surface area contributed by atoms with E-state index >= 15 is 0 Å². The Morgan fingerprint density at radius 1 is 0.419 bits per heavy atom. The van der Waals surface area contributed by atoms with Crippen LogP contribution in [0.15, 0.2) is 146 Å². The van der Waals surface area contributed by atoms with Crippen LogP contribution >= 0.6 is 7.92 Å². The topological polar surface area (TPSA) is 3.24 Å². The molecule has 222 valence electrons. The zero-order valence-corrected chi connectivity index (χ0v) is 28.4. The van der Waals surface area contributed by atoms with E-state index in [0.29, 0.717) is 10.3 Å². The number of benzene rings is 5. The summed E-state index contributed by atoms with van der Waals surface area (Å²) in [5, 5.41) is 2.30. The molecule has 0 aliphatic heterocycles. The summed E-state index contributed by atoms with van der Waals surface area (Å²) in [6.07, 6.45) is -1.22.